The Hall–Kier alpha value is -1.10. The molecule has 5 heteroatoms. The van der Waals surface area contributed by atoms with Gasteiger partial charge in [-0.15, -0.1) is 0 Å². The van der Waals surface area contributed by atoms with Crippen LogP contribution in [0.4, 0.5) is 0 Å². The molecule has 2 aliphatic heterocycles. The lowest BCUT2D eigenvalue weighted by molar-refractivity contribution is -0.133. The van der Waals surface area contributed by atoms with E-state index in [1.54, 1.807) is 0 Å². The zero-order valence-corrected chi connectivity index (χ0v) is 17.3. The van der Waals surface area contributed by atoms with Gasteiger partial charge in [0.25, 0.3) is 0 Å². The highest BCUT2D eigenvalue weighted by molar-refractivity contribution is 5.79. The van der Waals surface area contributed by atoms with Gasteiger partial charge in [-0.25, -0.2) is 0 Å². The molecule has 150 valence electrons. The summed E-state index contributed by atoms with van der Waals surface area (Å²) in [5.41, 5.74) is 0. The lowest BCUT2D eigenvalue weighted by Gasteiger charge is -2.34. The van der Waals surface area contributed by atoms with Gasteiger partial charge >= 0.3 is 0 Å². The fourth-order valence-corrected chi connectivity index (χ4v) is 4.25. The second-order valence-corrected chi connectivity index (χ2v) is 8.76. The molecule has 2 saturated heterocycles. The minimum Gasteiger partial charge on any atom is -0.356 e. The molecular weight excluding hydrogens is 326 g/mol. The molecule has 0 atom stereocenters. The minimum absolute atomic E-state index is 0.149. The van der Waals surface area contributed by atoms with Gasteiger partial charge in [0, 0.05) is 38.0 Å². The summed E-state index contributed by atoms with van der Waals surface area (Å²) in [5, 5.41) is 3.05. The normalized spacial score (nSPS) is 20.8. The van der Waals surface area contributed by atoms with Gasteiger partial charge in [0.05, 0.1) is 0 Å². The van der Waals surface area contributed by atoms with Crippen molar-refractivity contribution in [2.45, 2.75) is 72.3 Å². The van der Waals surface area contributed by atoms with E-state index in [1.165, 1.54) is 0 Å². The van der Waals surface area contributed by atoms with E-state index < -0.39 is 0 Å². The minimum atomic E-state index is 0.149. The Labute approximate surface area is 159 Å². The first-order valence-electron chi connectivity index (χ1n) is 10.7. The largest absolute Gasteiger partial charge is 0.356 e. The molecule has 0 bridgehead atoms. The predicted molar refractivity (Wildman–Crippen MR) is 106 cm³/mol. The number of rotatable bonds is 7. The van der Waals surface area contributed by atoms with Crippen molar-refractivity contribution in [2.24, 2.45) is 17.8 Å². The Bertz CT molecular complexity index is 406. The molecule has 0 aromatic rings. The molecule has 0 aliphatic carbocycles. The Kier molecular flexibility index (Phi) is 8.39. The van der Waals surface area contributed by atoms with Crippen molar-refractivity contribution in [3.05, 3.63) is 0 Å². The SMILES string of the molecule is CC(C)C1CCN(C(=O)CCCNC(=O)C2CCN(C(C)C)CC2)CC1. The first kappa shape index (κ1) is 21.2. The second-order valence-electron chi connectivity index (χ2n) is 8.76. The van der Waals surface area contributed by atoms with Gasteiger partial charge in [-0.2, -0.15) is 0 Å². The predicted octanol–water partition coefficient (Wildman–Crippen LogP) is 2.90. The molecule has 1 N–H and O–H groups in total. The molecule has 2 fully saturated rings. The Morgan fingerprint density at radius 3 is 2.12 bits per heavy atom. The van der Waals surface area contributed by atoms with E-state index in [-0.39, 0.29) is 17.7 Å². The average molecular weight is 366 g/mol. The topological polar surface area (TPSA) is 52.7 Å². The van der Waals surface area contributed by atoms with Gasteiger partial charge in [-0.3, -0.25) is 9.59 Å². The van der Waals surface area contributed by atoms with E-state index >= 15 is 0 Å². The summed E-state index contributed by atoms with van der Waals surface area (Å²) >= 11 is 0. The molecule has 2 rings (SSSR count). The summed E-state index contributed by atoms with van der Waals surface area (Å²) < 4.78 is 0. The first-order chi connectivity index (χ1) is 12.4. The highest BCUT2D eigenvalue weighted by Gasteiger charge is 2.26. The monoisotopic (exact) mass is 365 g/mol. The molecule has 2 heterocycles. The van der Waals surface area contributed by atoms with Gasteiger partial charge in [0.2, 0.25) is 11.8 Å². The molecule has 0 aromatic carbocycles. The Balaban J connectivity index is 1.57. The number of amides is 2. The molecule has 0 radical (unpaired) electrons. The van der Waals surface area contributed by atoms with Gasteiger partial charge in [0.1, 0.15) is 0 Å². The lowest BCUT2D eigenvalue weighted by Crippen LogP contribution is -2.43. The van der Waals surface area contributed by atoms with Crippen LogP contribution in [0.5, 0.6) is 0 Å². The van der Waals surface area contributed by atoms with Gasteiger partial charge < -0.3 is 15.1 Å². The summed E-state index contributed by atoms with van der Waals surface area (Å²) in [7, 11) is 0. The molecule has 0 spiro atoms. The molecule has 2 aliphatic rings. The van der Waals surface area contributed by atoms with Crippen molar-refractivity contribution in [3.63, 3.8) is 0 Å². The van der Waals surface area contributed by atoms with Crippen molar-refractivity contribution in [3.8, 4) is 0 Å². The van der Waals surface area contributed by atoms with Crippen LogP contribution in [0.3, 0.4) is 0 Å². The van der Waals surface area contributed by atoms with Crippen molar-refractivity contribution in [2.75, 3.05) is 32.7 Å². The van der Waals surface area contributed by atoms with Crippen LogP contribution in [0, 0.1) is 17.8 Å². The van der Waals surface area contributed by atoms with E-state index in [2.05, 4.69) is 37.9 Å². The van der Waals surface area contributed by atoms with Crippen LogP contribution in [0.15, 0.2) is 0 Å². The van der Waals surface area contributed by atoms with Crippen LogP contribution in [-0.4, -0.2) is 60.4 Å². The zero-order chi connectivity index (χ0) is 19.1. The van der Waals surface area contributed by atoms with Crippen LogP contribution < -0.4 is 5.32 Å². The summed E-state index contributed by atoms with van der Waals surface area (Å²) in [5.74, 6) is 2.07. The van der Waals surface area contributed by atoms with Crippen LogP contribution >= 0.6 is 0 Å². The van der Waals surface area contributed by atoms with Crippen LogP contribution in [0.1, 0.15) is 66.2 Å². The van der Waals surface area contributed by atoms with Gasteiger partial charge in [-0.05, 0) is 70.9 Å². The molecule has 0 aromatic heterocycles. The number of hydrogen-bond acceptors (Lipinski definition) is 3. The Morgan fingerprint density at radius 2 is 1.58 bits per heavy atom. The highest BCUT2D eigenvalue weighted by Crippen LogP contribution is 2.24. The fourth-order valence-electron chi connectivity index (χ4n) is 4.25. The van der Waals surface area contributed by atoms with E-state index in [0.717, 1.165) is 70.1 Å². The second kappa shape index (κ2) is 10.3. The van der Waals surface area contributed by atoms with Crippen molar-refractivity contribution < 1.29 is 9.59 Å². The third-order valence-electron chi connectivity index (χ3n) is 6.33. The highest BCUT2D eigenvalue weighted by atomic mass is 16.2. The molecule has 5 nitrogen and oxygen atoms in total. The maximum absolute atomic E-state index is 12.3. The van der Waals surface area contributed by atoms with Crippen molar-refractivity contribution in [1.29, 1.82) is 0 Å². The molecule has 0 unspecified atom stereocenters. The summed E-state index contributed by atoms with van der Waals surface area (Å²) in [6.45, 7) is 13.4. The fraction of sp³-hybridized carbons (Fsp3) is 0.905. The van der Waals surface area contributed by atoms with E-state index in [0.29, 0.717) is 19.0 Å². The number of nitrogens with one attached hydrogen (secondary N) is 1. The third-order valence-corrected chi connectivity index (χ3v) is 6.33. The zero-order valence-electron chi connectivity index (χ0n) is 17.3. The number of carbonyl (C=O) groups is 2. The van der Waals surface area contributed by atoms with Crippen LogP contribution in [0.25, 0.3) is 0 Å². The summed E-state index contributed by atoms with van der Waals surface area (Å²) in [4.78, 5) is 29.1. The molecule has 0 saturated carbocycles. The van der Waals surface area contributed by atoms with E-state index in [4.69, 9.17) is 0 Å². The molecule has 2 amide bonds. The van der Waals surface area contributed by atoms with Crippen molar-refractivity contribution >= 4 is 11.8 Å². The molecular formula is C21H39N3O2. The van der Waals surface area contributed by atoms with Gasteiger partial charge in [0.15, 0.2) is 0 Å². The lowest BCUT2D eigenvalue weighted by atomic mass is 9.86. The quantitative estimate of drug-likeness (QED) is 0.706. The van der Waals surface area contributed by atoms with E-state index in [9.17, 15) is 9.59 Å². The standard InChI is InChI=1S/C21H39N3O2/c1-16(2)18-7-14-24(15-8-18)20(25)6-5-11-22-21(26)19-9-12-23(13-10-19)17(3)4/h16-19H,5-15H2,1-4H3,(H,22,26). The van der Waals surface area contributed by atoms with Crippen molar-refractivity contribution in [1.82, 2.24) is 15.1 Å². The Morgan fingerprint density at radius 1 is 0.962 bits per heavy atom. The summed E-state index contributed by atoms with van der Waals surface area (Å²) in [6, 6.07) is 0.565. The van der Waals surface area contributed by atoms with Crippen LogP contribution in [-0.2, 0) is 9.59 Å². The maximum atomic E-state index is 12.3. The number of piperidine rings is 2. The number of hydrogen-bond donors (Lipinski definition) is 1. The van der Waals surface area contributed by atoms with E-state index in [1.807, 2.05) is 4.90 Å². The number of carbonyl (C=O) groups excluding carboxylic acids is 2. The third kappa shape index (κ3) is 6.26. The average Bonchev–Trinajstić information content (AvgIpc) is 2.65. The first-order valence-corrected chi connectivity index (χ1v) is 10.7. The number of likely N-dealkylation sites (tertiary alicyclic amines) is 2. The molecule has 26 heavy (non-hydrogen) atoms. The van der Waals surface area contributed by atoms with Crippen LogP contribution in [0.2, 0.25) is 0 Å². The smallest absolute Gasteiger partial charge is 0.223 e. The summed E-state index contributed by atoms with van der Waals surface area (Å²) in [6.07, 6.45) is 5.48. The maximum Gasteiger partial charge on any atom is 0.223 e. The number of nitrogens with zero attached hydrogens (tertiary/aromatic N) is 2. The van der Waals surface area contributed by atoms with Gasteiger partial charge in [-0.1, -0.05) is 13.8 Å².